The lowest BCUT2D eigenvalue weighted by Gasteiger charge is -2.19. The normalized spacial score (nSPS) is 10.1. The van der Waals surface area contributed by atoms with E-state index < -0.39 is 12.6 Å². The molecule has 2 aromatic rings. The van der Waals surface area contributed by atoms with E-state index >= 15 is 0 Å². The zero-order valence-corrected chi connectivity index (χ0v) is 16.5. The van der Waals surface area contributed by atoms with Crippen LogP contribution in [-0.2, 0) is 14.3 Å². The molecule has 2 aromatic heterocycles. The van der Waals surface area contributed by atoms with Crippen molar-refractivity contribution in [2.45, 2.75) is 6.92 Å². The first kappa shape index (κ1) is 20.6. The summed E-state index contributed by atoms with van der Waals surface area (Å²) < 4.78 is 5.24. The first-order chi connectivity index (χ1) is 13.0. The largest absolute Gasteiger partial charge is 0.452 e. The van der Waals surface area contributed by atoms with Gasteiger partial charge in [0.15, 0.2) is 6.61 Å². The third kappa shape index (κ3) is 5.38. The monoisotopic (exact) mass is 404 g/mol. The van der Waals surface area contributed by atoms with Crippen LogP contribution in [0.15, 0.2) is 48.2 Å². The summed E-state index contributed by atoms with van der Waals surface area (Å²) in [6, 6.07) is 3.75. The van der Waals surface area contributed by atoms with E-state index in [-0.39, 0.29) is 17.4 Å². The predicted octanol–water partition coefficient (Wildman–Crippen LogP) is 3.79. The molecule has 27 heavy (non-hydrogen) atoms. The summed E-state index contributed by atoms with van der Waals surface area (Å²) in [5, 5.41) is 6.73. The third-order valence-electron chi connectivity index (χ3n) is 3.45. The standard InChI is InChI=1S/C19H20N2O4S2/c1-4-8-21(9-5-2)16(23)11-25-19(24)17-14(15-7-6-10-26-15)12-27-18(17)20-13(3)22/h4-7,10,12H,1-2,8-9,11H2,3H3,(H,20,22). The van der Waals surface area contributed by atoms with Crippen LogP contribution in [0.3, 0.4) is 0 Å². The number of carbonyl (C=O) groups excluding carboxylic acids is 3. The van der Waals surface area contributed by atoms with E-state index in [1.54, 1.807) is 17.5 Å². The Bertz CT molecular complexity index is 830. The Morgan fingerprint density at radius 2 is 1.93 bits per heavy atom. The summed E-state index contributed by atoms with van der Waals surface area (Å²) in [6.45, 7) is 8.84. The fraction of sp³-hybridized carbons (Fsp3) is 0.211. The molecule has 0 bridgehead atoms. The quantitative estimate of drug-likeness (QED) is 0.510. The van der Waals surface area contributed by atoms with Crippen molar-refractivity contribution < 1.29 is 19.1 Å². The van der Waals surface area contributed by atoms with Crippen LogP contribution in [0.4, 0.5) is 5.00 Å². The summed E-state index contributed by atoms with van der Waals surface area (Å²) >= 11 is 2.71. The van der Waals surface area contributed by atoms with Crippen molar-refractivity contribution in [1.29, 1.82) is 0 Å². The van der Waals surface area contributed by atoms with Crippen molar-refractivity contribution in [2.75, 3.05) is 25.0 Å². The summed E-state index contributed by atoms with van der Waals surface area (Å²) in [7, 11) is 0. The number of rotatable bonds is 9. The zero-order chi connectivity index (χ0) is 19.8. The predicted molar refractivity (Wildman–Crippen MR) is 109 cm³/mol. The number of nitrogens with zero attached hydrogens (tertiary/aromatic N) is 1. The molecular weight excluding hydrogens is 384 g/mol. The fourth-order valence-corrected chi connectivity index (χ4v) is 4.12. The van der Waals surface area contributed by atoms with Gasteiger partial charge in [-0.1, -0.05) is 18.2 Å². The smallest absolute Gasteiger partial charge is 0.342 e. The van der Waals surface area contributed by atoms with Crippen LogP contribution in [-0.4, -0.2) is 42.4 Å². The van der Waals surface area contributed by atoms with E-state index in [9.17, 15) is 14.4 Å². The average molecular weight is 405 g/mol. The maximum atomic E-state index is 12.7. The van der Waals surface area contributed by atoms with E-state index in [4.69, 9.17) is 4.74 Å². The van der Waals surface area contributed by atoms with Gasteiger partial charge in [-0.05, 0) is 11.4 Å². The van der Waals surface area contributed by atoms with Gasteiger partial charge in [-0.2, -0.15) is 0 Å². The van der Waals surface area contributed by atoms with Gasteiger partial charge < -0.3 is 15.0 Å². The van der Waals surface area contributed by atoms with Gasteiger partial charge >= 0.3 is 5.97 Å². The summed E-state index contributed by atoms with van der Waals surface area (Å²) in [5.41, 5.74) is 0.926. The van der Waals surface area contributed by atoms with Crippen LogP contribution in [0.1, 0.15) is 17.3 Å². The van der Waals surface area contributed by atoms with Crippen molar-refractivity contribution in [3.63, 3.8) is 0 Å². The fourth-order valence-electron chi connectivity index (χ4n) is 2.31. The Balaban J connectivity index is 2.20. The van der Waals surface area contributed by atoms with Crippen LogP contribution < -0.4 is 5.32 Å². The zero-order valence-electron chi connectivity index (χ0n) is 14.9. The molecule has 6 nitrogen and oxygen atoms in total. The maximum Gasteiger partial charge on any atom is 0.342 e. The van der Waals surface area contributed by atoms with Gasteiger partial charge in [0.2, 0.25) is 5.91 Å². The molecule has 0 spiro atoms. The number of hydrogen-bond acceptors (Lipinski definition) is 6. The van der Waals surface area contributed by atoms with Crippen molar-refractivity contribution in [2.24, 2.45) is 0 Å². The highest BCUT2D eigenvalue weighted by atomic mass is 32.1. The number of nitrogens with one attached hydrogen (secondary N) is 1. The second-order valence-corrected chi connectivity index (χ2v) is 7.29. The van der Waals surface area contributed by atoms with Gasteiger partial charge in [0.05, 0.1) is 0 Å². The third-order valence-corrected chi connectivity index (χ3v) is 5.25. The van der Waals surface area contributed by atoms with Gasteiger partial charge in [-0.25, -0.2) is 4.79 Å². The highest BCUT2D eigenvalue weighted by Gasteiger charge is 2.24. The SMILES string of the molecule is C=CCN(CC=C)C(=O)COC(=O)c1c(-c2cccs2)csc1NC(C)=O. The minimum absolute atomic E-state index is 0.254. The number of esters is 1. The van der Waals surface area contributed by atoms with E-state index in [1.807, 2.05) is 17.5 Å². The number of anilines is 1. The topological polar surface area (TPSA) is 75.7 Å². The van der Waals surface area contributed by atoms with Crippen LogP contribution >= 0.6 is 22.7 Å². The van der Waals surface area contributed by atoms with Gasteiger partial charge in [0.25, 0.3) is 5.91 Å². The second-order valence-electron chi connectivity index (χ2n) is 5.46. The second kappa shape index (κ2) is 9.84. The van der Waals surface area contributed by atoms with Crippen molar-refractivity contribution in [1.82, 2.24) is 4.90 Å². The Hall–Kier alpha value is -2.71. The molecule has 1 N–H and O–H groups in total. The molecule has 0 fully saturated rings. The molecule has 2 heterocycles. The Labute approximate surface area is 165 Å². The minimum atomic E-state index is -0.658. The molecule has 0 saturated heterocycles. The van der Waals surface area contributed by atoms with Gasteiger partial charge in [-0.3, -0.25) is 9.59 Å². The summed E-state index contributed by atoms with van der Waals surface area (Å²) in [5.74, 6) is -1.30. The lowest BCUT2D eigenvalue weighted by Crippen LogP contribution is -2.35. The lowest BCUT2D eigenvalue weighted by molar-refractivity contribution is -0.133. The molecule has 142 valence electrons. The summed E-state index contributed by atoms with van der Waals surface area (Å²) in [4.78, 5) is 38.7. The van der Waals surface area contributed by atoms with Gasteiger partial charge in [0.1, 0.15) is 10.6 Å². The molecule has 0 aliphatic rings. The molecule has 2 rings (SSSR count). The molecule has 0 atom stereocenters. The molecule has 0 saturated carbocycles. The van der Waals surface area contributed by atoms with Crippen LogP contribution in [0.2, 0.25) is 0 Å². The molecule has 0 unspecified atom stereocenters. The van der Waals surface area contributed by atoms with Crippen molar-refractivity contribution >= 4 is 45.5 Å². The maximum absolute atomic E-state index is 12.7. The summed E-state index contributed by atoms with van der Waals surface area (Å²) in [6.07, 6.45) is 3.18. The number of amides is 2. The van der Waals surface area contributed by atoms with E-state index in [0.29, 0.717) is 23.7 Å². The molecule has 0 aliphatic heterocycles. The number of ether oxygens (including phenoxy) is 1. The number of hydrogen-bond donors (Lipinski definition) is 1. The van der Waals surface area contributed by atoms with E-state index in [2.05, 4.69) is 18.5 Å². The molecule has 0 aliphatic carbocycles. The average Bonchev–Trinajstić information content (AvgIpc) is 3.28. The Morgan fingerprint density at radius 3 is 2.48 bits per heavy atom. The van der Waals surface area contributed by atoms with Crippen LogP contribution in [0, 0.1) is 0 Å². The first-order valence-corrected chi connectivity index (χ1v) is 9.83. The Morgan fingerprint density at radius 1 is 1.22 bits per heavy atom. The molecule has 0 aromatic carbocycles. The molecule has 2 amide bonds. The van der Waals surface area contributed by atoms with Gasteiger partial charge in [-0.15, -0.1) is 35.8 Å². The van der Waals surface area contributed by atoms with E-state index in [1.165, 1.54) is 34.5 Å². The Kier molecular flexibility index (Phi) is 7.51. The molecule has 8 heteroatoms. The number of thiophene rings is 2. The first-order valence-electron chi connectivity index (χ1n) is 8.07. The van der Waals surface area contributed by atoms with Crippen molar-refractivity contribution in [3.8, 4) is 10.4 Å². The van der Waals surface area contributed by atoms with Crippen LogP contribution in [0.25, 0.3) is 10.4 Å². The van der Waals surface area contributed by atoms with Crippen molar-refractivity contribution in [3.05, 3.63) is 53.8 Å². The van der Waals surface area contributed by atoms with E-state index in [0.717, 1.165) is 4.88 Å². The van der Waals surface area contributed by atoms with Crippen LogP contribution in [0.5, 0.6) is 0 Å². The highest BCUT2D eigenvalue weighted by molar-refractivity contribution is 7.17. The number of carbonyl (C=O) groups is 3. The molecule has 0 radical (unpaired) electrons. The van der Waals surface area contributed by atoms with Gasteiger partial charge in [0, 0.05) is 35.8 Å². The molecular formula is C19H20N2O4S2. The highest BCUT2D eigenvalue weighted by Crippen LogP contribution is 2.38. The minimum Gasteiger partial charge on any atom is -0.452 e. The lowest BCUT2D eigenvalue weighted by atomic mass is 10.1.